The highest BCUT2D eigenvalue weighted by molar-refractivity contribution is 5.92. The smallest absolute Gasteiger partial charge is 0.244 e. The van der Waals surface area contributed by atoms with Gasteiger partial charge in [-0.1, -0.05) is 30.3 Å². The molecule has 1 aliphatic heterocycles. The molecule has 2 aliphatic rings. The highest BCUT2D eigenvalue weighted by Gasteiger charge is 2.27. The highest BCUT2D eigenvalue weighted by Crippen LogP contribution is 2.34. The zero-order valence-electron chi connectivity index (χ0n) is 22.0. The predicted octanol–water partition coefficient (Wildman–Crippen LogP) is 5.75. The van der Waals surface area contributed by atoms with Crippen molar-refractivity contribution in [2.24, 2.45) is 5.92 Å². The summed E-state index contributed by atoms with van der Waals surface area (Å²) in [5, 5.41) is 4.59. The number of benzene rings is 2. The molecule has 1 saturated carbocycles. The molecule has 6 nitrogen and oxygen atoms in total. The molecule has 1 aromatic heterocycles. The van der Waals surface area contributed by atoms with Crippen LogP contribution in [0.3, 0.4) is 0 Å². The standard InChI is InChI=1S/C31H39N3O3/c1-36-29-9-5-6-24(31(29)37-2)12-15-30(35)33-25-13-10-22(11-14-25)21-34-18-16-23(17-19-34)27-20-32-28-8-4-3-7-26(27)28/h3-9,12,15,20,22-23,25,32H,10-11,13-14,16-19,21H2,1-2H3,(H,33,35)/b15-12+. The maximum Gasteiger partial charge on any atom is 0.244 e. The molecule has 2 aromatic carbocycles. The molecule has 3 aromatic rings. The van der Waals surface area contributed by atoms with E-state index in [4.69, 9.17) is 9.47 Å². The van der Waals surface area contributed by atoms with Crippen molar-refractivity contribution in [3.63, 3.8) is 0 Å². The van der Waals surface area contributed by atoms with Gasteiger partial charge in [0.2, 0.25) is 5.91 Å². The second-order valence-corrected chi connectivity index (χ2v) is 10.5. The number of rotatable bonds is 8. The number of aromatic amines is 1. The summed E-state index contributed by atoms with van der Waals surface area (Å²) in [5.74, 6) is 2.64. The first kappa shape index (κ1) is 25.4. The third-order valence-corrected chi connectivity index (χ3v) is 8.21. The van der Waals surface area contributed by atoms with Gasteiger partial charge in [-0.25, -0.2) is 0 Å². The number of amides is 1. The number of fused-ring (bicyclic) bond motifs is 1. The number of nitrogens with zero attached hydrogens (tertiary/aromatic N) is 1. The fourth-order valence-corrected chi connectivity index (χ4v) is 6.17. The molecule has 0 spiro atoms. The summed E-state index contributed by atoms with van der Waals surface area (Å²) in [6.07, 6.45) is 12.6. The Labute approximate surface area is 220 Å². The molecule has 1 saturated heterocycles. The van der Waals surface area contributed by atoms with Crippen LogP contribution in [-0.4, -0.2) is 55.7 Å². The minimum atomic E-state index is -0.0484. The van der Waals surface area contributed by atoms with Gasteiger partial charge in [0.25, 0.3) is 0 Å². The molecule has 0 atom stereocenters. The number of carbonyl (C=O) groups is 1. The van der Waals surface area contributed by atoms with Crippen LogP contribution in [0.15, 0.2) is 54.7 Å². The van der Waals surface area contributed by atoms with E-state index < -0.39 is 0 Å². The van der Waals surface area contributed by atoms with Crippen molar-refractivity contribution in [3.8, 4) is 11.5 Å². The van der Waals surface area contributed by atoms with Crippen molar-refractivity contribution >= 4 is 22.9 Å². The molecule has 2 N–H and O–H groups in total. The largest absolute Gasteiger partial charge is 0.493 e. The monoisotopic (exact) mass is 501 g/mol. The Balaban J connectivity index is 1.05. The number of methoxy groups -OCH3 is 2. The number of carbonyl (C=O) groups excluding carboxylic acids is 1. The summed E-state index contributed by atoms with van der Waals surface area (Å²) in [6.45, 7) is 3.55. The molecule has 6 heteroatoms. The molecule has 2 fully saturated rings. The summed E-state index contributed by atoms with van der Waals surface area (Å²) < 4.78 is 10.8. The number of ether oxygens (including phenoxy) is 2. The number of piperidine rings is 1. The van der Waals surface area contributed by atoms with Crippen LogP contribution in [0.1, 0.15) is 55.6 Å². The van der Waals surface area contributed by atoms with Crippen LogP contribution in [-0.2, 0) is 4.79 Å². The number of hydrogen-bond acceptors (Lipinski definition) is 4. The molecule has 5 rings (SSSR count). The van der Waals surface area contributed by atoms with Gasteiger partial charge in [0, 0.05) is 41.3 Å². The maximum absolute atomic E-state index is 12.6. The van der Waals surface area contributed by atoms with Crippen LogP contribution in [0.4, 0.5) is 0 Å². The lowest BCUT2D eigenvalue weighted by Gasteiger charge is -2.36. The van der Waals surface area contributed by atoms with E-state index in [1.54, 1.807) is 26.4 Å². The van der Waals surface area contributed by atoms with Gasteiger partial charge in [0.05, 0.1) is 14.2 Å². The van der Waals surface area contributed by atoms with Crippen LogP contribution < -0.4 is 14.8 Å². The van der Waals surface area contributed by atoms with E-state index in [1.165, 1.54) is 61.8 Å². The topological polar surface area (TPSA) is 66.6 Å². The second kappa shape index (κ2) is 11.9. The fourth-order valence-electron chi connectivity index (χ4n) is 6.17. The van der Waals surface area contributed by atoms with E-state index in [9.17, 15) is 4.79 Å². The number of H-pyrrole nitrogens is 1. The van der Waals surface area contributed by atoms with Gasteiger partial charge in [-0.3, -0.25) is 4.79 Å². The zero-order chi connectivity index (χ0) is 25.6. The Morgan fingerprint density at radius 2 is 1.78 bits per heavy atom. The number of aromatic nitrogens is 1. The molecule has 0 radical (unpaired) electrons. The van der Waals surface area contributed by atoms with Crippen molar-refractivity contribution < 1.29 is 14.3 Å². The summed E-state index contributed by atoms with van der Waals surface area (Å²) in [6, 6.07) is 14.6. The van der Waals surface area contributed by atoms with Crippen LogP contribution in [0, 0.1) is 5.92 Å². The first-order valence-electron chi connectivity index (χ1n) is 13.6. The minimum Gasteiger partial charge on any atom is -0.493 e. The van der Waals surface area contributed by atoms with Gasteiger partial charge >= 0.3 is 0 Å². The van der Waals surface area contributed by atoms with Crippen LogP contribution in [0.2, 0.25) is 0 Å². The average Bonchev–Trinajstić information content (AvgIpc) is 3.37. The zero-order valence-corrected chi connectivity index (χ0v) is 22.0. The van der Waals surface area contributed by atoms with Crippen LogP contribution >= 0.6 is 0 Å². The maximum atomic E-state index is 12.6. The van der Waals surface area contributed by atoms with Crippen molar-refractivity contribution in [1.29, 1.82) is 0 Å². The first-order valence-corrected chi connectivity index (χ1v) is 13.6. The molecular formula is C31H39N3O3. The Morgan fingerprint density at radius 3 is 2.54 bits per heavy atom. The Bertz CT molecular complexity index is 1220. The van der Waals surface area contributed by atoms with Crippen molar-refractivity contribution in [3.05, 3.63) is 65.9 Å². The highest BCUT2D eigenvalue weighted by atomic mass is 16.5. The van der Waals surface area contributed by atoms with E-state index in [1.807, 2.05) is 18.2 Å². The van der Waals surface area contributed by atoms with Crippen molar-refractivity contribution in [2.75, 3.05) is 33.9 Å². The van der Waals surface area contributed by atoms with E-state index >= 15 is 0 Å². The third-order valence-electron chi connectivity index (χ3n) is 8.21. The second-order valence-electron chi connectivity index (χ2n) is 10.5. The van der Waals surface area contributed by atoms with Gasteiger partial charge < -0.3 is 24.7 Å². The SMILES string of the molecule is COc1cccc(/C=C/C(=O)NC2CCC(CN3CCC(c4c[nH]c5ccccc45)CC3)CC2)c1OC. The fraction of sp³-hybridized carbons (Fsp3) is 0.452. The summed E-state index contributed by atoms with van der Waals surface area (Å²) >= 11 is 0. The normalized spacial score (nSPS) is 21.4. The molecule has 0 bridgehead atoms. The van der Waals surface area contributed by atoms with E-state index in [0.29, 0.717) is 17.4 Å². The number of nitrogens with one attached hydrogen (secondary N) is 2. The van der Waals surface area contributed by atoms with Gasteiger partial charge in [-0.05, 0) is 87.2 Å². The van der Waals surface area contributed by atoms with Gasteiger partial charge in [-0.2, -0.15) is 0 Å². The summed E-state index contributed by atoms with van der Waals surface area (Å²) in [7, 11) is 3.22. The molecule has 2 heterocycles. The lowest BCUT2D eigenvalue weighted by atomic mass is 9.84. The Morgan fingerprint density at radius 1 is 1.00 bits per heavy atom. The van der Waals surface area contributed by atoms with Gasteiger partial charge in [-0.15, -0.1) is 0 Å². The van der Waals surface area contributed by atoms with E-state index in [2.05, 4.69) is 45.7 Å². The number of para-hydroxylation sites is 2. The van der Waals surface area contributed by atoms with E-state index in [0.717, 1.165) is 24.3 Å². The molecule has 1 amide bonds. The number of hydrogen-bond donors (Lipinski definition) is 2. The quantitative estimate of drug-likeness (QED) is 0.386. The third kappa shape index (κ3) is 6.02. The predicted molar refractivity (Wildman–Crippen MR) is 149 cm³/mol. The van der Waals surface area contributed by atoms with E-state index in [-0.39, 0.29) is 11.9 Å². The molecule has 1 aliphatic carbocycles. The first-order chi connectivity index (χ1) is 18.1. The molecule has 37 heavy (non-hydrogen) atoms. The Kier molecular flexibility index (Phi) is 8.15. The van der Waals surface area contributed by atoms with Gasteiger partial charge in [0.1, 0.15) is 0 Å². The van der Waals surface area contributed by atoms with Crippen molar-refractivity contribution in [1.82, 2.24) is 15.2 Å². The van der Waals surface area contributed by atoms with Crippen LogP contribution in [0.25, 0.3) is 17.0 Å². The number of likely N-dealkylation sites (tertiary alicyclic amines) is 1. The molecule has 0 unspecified atom stereocenters. The summed E-state index contributed by atoms with van der Waals surface area (Å²) in [4.78, 5) is 18.7. The average molecular weight is 502 g/mol. The summed E-state index contributed by atoms with van der Waals surface area (Å²) in [5.41, 5.74) is 3.57. The molecular weight excluding hydrogens is 462 g/mol. The Hall–Kier alpha value is -3.25. The minimum absolute atomic E-state index is 0.0484. The lowest BCUT2D eigenvalue weighted by Crippen LogP contribution is -2.41. The van der Waals surface area contributed by atoms with Crippen LogP contribution in [0.5, 0.6) is 11.5 Å². The lowest BCUT2D eigenvalue weighted by molar-refractivity contribution is -0.117. The van der Waals surface area contributed by atoms with Crippen molar-refractivity contribution in [2.45, 2.75) is 50.5 Å². The van der Waals surface area contributed by atoms with Gasteiger partial charge in [0.15, 0.2) is 11.5 Å². The molecule has 196 valence electrons.